The van der Waals surface area contributed by atoms with Crippen LogP contribution in [0.1, 0.15) is 26.7 Å². The van der Waals surface area contributed by atoms with Crippen LogP contribution in [0.5, 0.6) is 0 Å². The van der Waals surface area contributed by atoms with Crippen LogP contribution in [0.15, 0.2) is 0 Å². The first-order chi connectivity index (χ1) is 8.19. The van der Waals surface area contributed by atoms with Gasteiger partial charge in [0.1, 0.15) is 0 Å². The van der Waals surface area contributed by atoms with Gasteiger partial charge in [-0.25, -0.2) is 0 Å². The number of rotatable bonds is 8. The average molecular weight is 282 g/mol. The molecule has 0 heterocycles. The Balaban J connectivity index is 4.31. The molecule has 0 aliphatic carbocycles. The van der Waals surface area contributed by atoms with Crippen molar-refractivity contribution in [2.75, 3.05) is 20.7 Å². The van der Waals surface area contributed by atoms with Crippen LogP contribution in [0.2, 0.25) is 0 Å². The molecular formula is C10H22N2O5S. The molecule has 0 saturated heterocycles. The van der Waals surface area contributed by atoms with Gasteiger partial charge in [0.05, 0.1) is 19.6 Å². The molecule has 2 N–H and O–H groups in total. The van der Waals surface area contributed by atoms with Crippen molar-refractivity contribution in [1.82, 2.24) is 9.03 Å². The number of aliphatic hydroxyl groups excluding tert-OH is 1. The van der Waals surface area contributed by atoms with Crippen LogP contribution < -0.4 is 4.72 Å². The second-order valence-electron chi connectivity index (χ2n) is 4.26. The van der Waals surface area contributed by atoms with Crippen LogP contribution in [0.4, 0.5) is 0 Å². The summed E-state index contributed by atoms with van der Waals surface area (Å²) in [6.45, 7) is 3.30. The van der Waals surface area contributed by atoms with E-state index in [1.807, 2.05) is 0 Å². The van der Waals surface area contributed by atoms with Crippen molar-refractivity contribution in [3.8, 4) is 0 Å². The van der Waals surface area contributed by atoms with Crippen molar-refractivity contribution in [3.63, 3.8) is 0 Å². The van der Waals surface area contributed by atoms with E-state index in [9.17, 15) is 13.2 Å². The van der Waals surface area contributed by atoms with E-state index in [-0.39, 0.29) is 19.0 Å². The molecule has 0 aromatic rings. The number of nitrogens with one attached hydrogen (secondary N) is 1. The minimum Gasteiger partial charge on any atom is -0.469 e. The highest BCUT2D eigenvalue weighted by atomic mass is 32.2. The summed E-state index contributed by atoms with van der Waals surface area (Å²) in [6, 6.07) is -0.379. The highest BCUT2D eigenvalue weighted by Gasteiger charge is 2.21. The first-order valence-electron chi connectivity index (χ1n) is 5.67. The summed E-state index contributed by atoms with van der Waals surface area (Å²) in [5.41, 5.74) is 0. The van der Waals surface area contributed by atoms with E-state index in [2.05, 4.69) is 9.46 Å². The van der Waals surface area contributed by atoms with Gasteiger partial charge < -0.3 is 9.84 Å². The lowest BCUT2D eigenvalue weighted by Crippen LogP contribution is -2.44. The fraction of sp³-hybridized carbons (Fsp3) is 0.900. The van der Waals surface area contributed by atoms with Crippen LogP contribution in [-0.2, 0) is 19.7 Å². The third-order valence-corrected chi connectivity index (χ3v) is 4.02. The number of ether oxygens (including phenoxy) is 1. The molecule has 7 nitrogen and oxygen atoms in total. The average Bonchev–Trinajstić information content (AvgIpc) is 2.22. The monoisotopic (exact) mass is 282 g/mol. The maximum Gasteiger partial charge on any atom is 0.306 e. The molecule has 8 heteroatoms. The predicted octanol–water partition coefficient (Wildman–Crippen LogP) is -0.525. The number of aliphatic hydroxyl groups is 1. The summed E-state index contributed by atoms with van der Waals surface area (Å²) in [5, 5.41) is 9.16. The second kappa shape index (κ2) is 7.67. The molecule has 0 amide bonds. The van der Waals surface area contributed by atoms with Crippen LogP contribution in [-0.4, -0.2) is 56.6 Å². The van der Waals surface area contributed by atoms with Gasteiger partial charge in [-0.1, -0.05) is 0 Å². The third-order valence-electron chi connectivity index (χ3n) is 2.31. The van der Waals surface area contributed by atoms with Gasteiger partial charge in [-0.05, 0) is 20.3 Å². The topological polar surface area (TPSA) is 95.9 Å². The minimum absolute atomic E-state index is 0.00130. The Morgan fingerprint density at radius 3 is 2.44 bits per heavy atom. The van der Waals surface area contributed by atoms with E-state index in [0.29, 0.717) is 6.42 Å². The smallest absolute Gasteiger partial charge is 0.306 e. The first-order valence-corrected chi connectivity index (χ1v) is 7.11. The van der Waals surface area contributed by atoms with Gasteiger partial charge in [-0.15, -0.1) is 0 Å². The summed E-state index contributed by atoms with van der Waals surface area (Å²) >= 11 is 0. The van der Waals surface area contributed by atoms with E-state index in [4.69, 9.17) is 5.11 Å². The highest BCUT2D eigenvalue weighted by Crippen LogP contribution is 2.02. The van der Waals surface area contributed by atoms with Gasteiger partial charge in [0, 0.05) is 19.6 Å². The Kier molecular flexibility index (Phi) is 7.37. The SMILES string of the molecule is COC(=O)CCN(C)S(=O)(=O)NC(C)CC(C)O. The number of esters is 1. The molecule has 0 aromatic carbocycles. The maximum absolute atomic E-state index is 11.8. The number of carbonyl (C=O) groups excluding carboxylic acids is 1. The molecule has 0 fully saturated rings. The molecule has 0 rings (SSSR count). The van der Waals surface area contributed by atoms with E-state index in [1.165, 1.54) is 14.2 Å². The zero-order valence-corrected chi connectivity index (χ0v) is 12.0. The Labute approximate surface area is 108 Å². The van der Waals surface area contributed by atoms with E-state index in [1.54, 1.807) is 13.8 Å². The Morgan fingerprint density at radius 2 is 2.00 bits per heavy atom. The Bertz CT molecular complexity index is 355. The minimum atomic E-state index is -3.64. The molecule has 0 bridgehead atoms. The molecule has 18 heavy (non-hydrogen) atoms. The second-order valence-corrected chi connectivity index (χ2v) is 6.07. The maximum atomic E-state index is 11.8. The standard InChI is InChI=1S/C10H22N2O5S/c1-8(7-9(2)13)11-18(15,16)12(3)6-5-10(14)17-4/h8-9,11,13H,5-7H2,1-4H3. The predicted molar refractivity (Wildman–Crippen MR) is 67.1 cm³/mol. The van der Waals surface area contributed by atoms with Gasteiger partial charge >= 0.3 is 5.97 Å². The van der Waals surface area contributed by atoms with Crippen molar-refractivity contribution in [2.45, 2.75) is 38.8 Å². The molecule has 0 radical (unpaired) electrons. The molecule has 108 valence electrons. The van der Waals surface area contributed by atoms with Crippen molar-refractivity contribution < 1.29 is 23.1 Å². The molecular weight excluding hydrogens is 260 g/mol. The lowest BCUT2D eigenvalue weighted by molar-refractivity contribution is -0.140. The van der Waals surface area contributed by atoms with E-state index in [0.717, 1.165) is 4.31 Å². The zero-order valence-electron chi connectivity index (χ0n) is 11.2. The normalized spacial score (nSPS) is 15.4. The molecule has 0 saturated carbocycles. The summed E-state index contributed by atoms with van der Waals surface area (Å²) < 4.78 is 31.5. The van der Waals surface area contributed by atoms with Crippen molar-refractivity contribution >= 4 is 16.2 Å². The highest BCUT2D eigenvalue weighted by molar-refractivity contribution is 7.87. The summed E-state index contributed by atoms with van der Waals surface area (Å²) in [4.78, 5) is 10.9. The van der Waals surface area contributed by atoms with Crippen molar-refractivity contribution in [1.29, 1.82) is 0 Å². The summed E-state index contributed by atoms with van der Waals surface area (Å²) in [5.74, 6) is -0.464. The molecule has 2 atom stereocenters. The van der Waals surface area contributed by atoms with Gasteiger partial charge in [0.25, 0.3) is 10.2 Å². The number of methoxy groups -OCH3 is 1. The fourth-order valence-corrected chi connectivity index (χ4v) is 2.49. The fourth-order valence-electron chi connectivity index (χ4n) is 1.37. The van der Waals surface area contributed by atoms with Crippen LogP contribution in [0, 0.1) is 0 Å². The molecule has 0 aliphatic heterocycles. The van der Waals surface area contributed by atoms with Crippen LogP contribution in [0.3, 0.4) is 0 Å². The number of hydrogen-bond acceptors (Lipinski definition) is 5. The Hall–Kier alpha value is -0.700. The van der Waals surface area contributed by atoms with Crippen molar-refractivity contribution in [2.24, 2.45) is 0 Å². The number of carbonyl (C=O) groups is 1. The van der Waals surface area contributed by atoms with Gasteiger partial charge in [-0.2, -0.15) is 17.4 Å². The Morgan fingerprint density at radius 1 is 1.44 bits per heavy atom. The molecule has 0 spiro atoms. The summed E-state index contributed by atoms with van der Waals surface area (Å²) in [7, 11) is -1.02. The largest absolute Gasteiger partial charge is 0.469 e. The molecule has 2 unspecified atom stereocenters. The quantitative estimate of drug-likeness (QED) is 0.584. The van der Waals surface area contributed by atoms with Gasteiger partial charge in [-0.3, -0.25) is 4.79 Å². The first kappa shape index (κ1) is 17.3. The molecule has 0 aromatic heterocycles. The lowest BCUT2D eigenvalue weighted by atomic mass is 10.2. The van der Waals surface area contributed by atoms with Gasteiger partial charge in [0.2, 0.25) is 0 Å². The van der Waals surface area contributed by atoms with Crippen LogP contribution in [0.25, 0.3) is 0 Å². The number of hydrogen-bond donors (Lipinski definition) is 2. The molecule has 0 aliphatic rings. The number of nitrogens with zero attached hydrogens (tertiary/aromatic N) is 1. The van der Waals surface area contributed by atoms with E-state index < -0.39 is 22.3 Å². The van der Waals surface area contributed by atoms with E-state index >= 15 is 0 Å². The van der Waals surface area contributed by atoms with Crippen molar-refractivity contribution in [3.05, 3.63) is 0 Å². The van der Waals surface area contributed by atoms with Gasteiger partial charge in [0.15, 0.2) is 0 Å². The zero-order chi connectivity index (χ0) is 14.3. The summed E-state index contributed by atoms with van der Waals surface area (Å²) in [6.07, 6.45) is -0.258. The third kappa shape index (κ3) is 6.90. The lowest BCUT2D eigenvalue weighted by Gasteiger charge is -2.21. The van der Waals surface area contributed by atoms with Crippen LogP contribution >= 0.6 is 0 Å².